The van der Waals surface area contributed by atoms with Gasteiger partial charge in [-0.2, -0.15) is 4.98 Å². The molecule has 5 nitrogen and oxygen atoms in total. The van der Waals surface area contributed by atoms with E-state index in [1.165, 1.54) is 0 Å². The summed E-state index contributed by atoms with van der Waals surface area (Å²) in [6.07, 6.45) is 0.685. The number of aromatic nitrogens is 2. The fourth-order valence-electron chi connectivity index (χ4n) is 1.13. The van der Waals surface area contributed by atoms with Crippen molar-refractivity contribution in [3.05, 3.63) is 11.7 Å². The third-order valence-electron chi connectivity index (χ3n) is 2.07. The summed E-state index contributed by atoms with van der Waals surface area (Å²) in [6, 6.07) is -0.240. The Morgan fingerprint density at radius 3 is 2.76 bits per heavy atom. The number of hydrogen-bond donors (Lipinski definition) is 1. The summed E-state index contributed by atoms with van der Waals surface area (Å²) >= 11 is 1.78. The van der Waals surface area contributed by atoms with Crippen LogP contribution in [0.4, 0.5) is 0 Å². The van der Waals surface area contributed by atoms with Crippen molar-refractivity contribution in [2.45, 2.75) is 43.7 Å². The highest BCUT2D eigenvalue weighted by molar-refractivity contribution is 7.99. The molecule has 0 fully saturated rings. The minimum Gasteiger partial charge on any atom is -0.385 e. The fraction of sp³-hybridized carbons (Fsp3) is 0.818. The third-order valence-corrected chi connectivity index (χ3v) is 3.34. The maximum Gasteiger partial charge on any atom is 0.243 e. The Labute approximate surface area is 106 Å². The molecule has 17 heavy (non-hydrogen) atoms. The summed E-state index contributed by atoms with van der Waals surface area (Å²) in [4.78, 5) is 4.29. The van der Waals surface area contributed by atoms with Crippen molar-refractivity contribution >= 4 is 11.8 Å². The summed E-state index contributed by atoms with van der Waals surface area (Å²) in [5, 5.41) is 3.92. The molecule has 1 heterocycles. The van der Waals surface area contributed by atoms with Gasteiger partial charge in [-0.3, -0.25) is 0 Å². The number of hydrogen-bond acceptors (Lipinski definition) is 6. The Morgan fingerprint density at radius 2 is 2.18 bits per heavy atom. The molecule has 6 heteroatoms. The molecular formula is C11H21N3O2S. The average molecular weight is 259 g/mol. The topological polar surface area (TPSA) is 74.2 Å². The van der Waals surface area contributed by atoms with Gasteiger partial charge < -0.3 is 15.0 Å². The van der Waals surface area contributed by atoms with Crippen LogP contribution >= 0.6 is 11.8 Å². The molecule has 2 N–H and O–H groups in total. The zero-order chi connectivity index (χ0) is 12.9. The van der Waals surface area contributed by atoms with Crippen LogP contribution < -0.4 is 5.73 Å². The van der Waals surface area contributed by atoms with E-state index in [9.17, 15) is 0 Å². The summed E-state index contributed by atoms with van der Waals surface area (Å²) in [7, 11) is 1.64. The quantitative estimate of drug-likeness (QED) is 0.843. The van der Waals surface area contributed by atoms with Crippen LogP contribution in [-0.4, -0.2) is 28.6 Å². The van der Waals surface area contributed by atoms with E-state index in [-0.39, 0.29) is 10.8 Å². The van der Waals surface area contributed by atoms with Gasteiger partial charge in [0.1, 0.15) is 0 Å². The highest BCUT2D eigenvalue weighted by Gasteiger charge is 2.17. The van der Waals surface area contributed by atoms with Gasteiger partial charge in [-0.15, -0.1) is 11.8 Å². The Morgan fingerprint density at radius 1 is 1.47 bits per heavy atom. The molecule has 1 aromatic rings. The van der Waals surface area contributed by atoms with Crippen molar-refractivity contribution < 1.29 is 9.26 Å². The minimum atomic E-state index is -0.240. The molecule has 0 radical (unpaired) electrons. The number of methoxy groups -OCH3 is 1. The molecule has 0 saturated heterocycles. The summed E-state index contributed by atoms with van der Waals surface area (Å²) in [6.45, 7) is 7.06. The van der Waals surface area contributed by atoms with Crippen molar-refractivity contribution in [2.24, 2.45) is 5.73 Å². The van der Waals surface area contributed by atoms with Crippen LogP contribution in [0.1, 0.15) is 44.9 Å². The lowest BCUT2D eigenvalue weighted by atomic mass is 10.2. The van der Waals surface area contributed by atoms with Crippen LogP contribution in [-0.2, 0) is 10.5 Å². The van der Waals surface area contributed by atoms with Crippen LogP contribution in [0, 0.1) is 0 Å². The number of rotatable bonds is 6. The van der Waals surface area contributed by atoms with Crippen molar-refractivity contribution in [1.82, 2.24) is 10.1 Å². The highest BCUT2D eigenvalue weighted by atomic mass is 32.2. The molecule has 0 aliphatic heterocycles. The molecular weight excluding hydrogens is 238 g/mol. The number of thioether (sulfide) groups is 1. The van der Waals surface area contributed by atoms with Crippen LogP contribution in [0.3, 0.4) is 0 Å². The van der Waals surface area contributed by atoms with Gasteiger partial charge in [-0.1, -0.05) is 25.9 Å². The van der Waals surface area contributed by atoms with Gasteiger partial charge in [-0.25, -0.2) is 0 Å². The molecule has 0 saturated carbocycles. The Balaban J connectivity index is 2.47. The molecule has 98 valence electrons. The summed E-state index contributed by atoms with van der Waals surface area (Å²) in [5.74, 6) is 1.93. The van der Waals surface area contributed by atoms with E-state index in [2.05, 4.69) is 30.9 Å². The van der Waals surface area contributed by atoms with Crippen LogP contribution in [0.5, 0.6) is 0 Å². The summed E-state index contributed by atoms with van der Waals surface area (Å²) in [5.41, 5.74) is 5.89. The average Bonchev–Trinajstić information content (AvgIpc) is 2.70. The standard InChI is InChI=1S/C11H21N3O2S/c1-11(2,3)17-7-9-13-10(16-14-9)8(12)5-6-15-4/h8H,5-7,12H2,1-4H3. The van der Waals surface area contributed by atoms with E-state index >= 15 is 0 Å². The lowest BCUT2D eigenvalue weighted by molar-refractivity contribution is 0.182. The molecule has 1 unspecified atom stereocenters. The molecule has 0 aliphatic rings. The largest absolute Gasteiger partial charge is 0.385 e. The summed E-state index contributed by atoms with van der Waals surface area (Å²) < 4.78 is 10.3. The van der Waals surface area contributed by atoms with Gasteiger partial charge in [0.15, 0.2) is 5.82 Å². The fourth-order valence-corrected chi connectivity index (χ4v) is 1.81. The van der Waals surface area contributed by atoms with Crippen LogP contribution in [0.25, 0.3) is 0 Å². The van der Waals surface area contributed by atoms with Gasteiger partial charge in [0.25, 0.3) is 0 Å². The van der Waals surface area contributed by atoms with Gasteiger partial charge in [0, 0.05) is 18.5 Å². The van der Waals surface area contributed by atoms with Gasteiger partial charge in [0.05, 0.1) is 11.8 Å². The third kappa shape index (κ3) is 5.52. The van der Waals surface area contributed by atoms with Crippen molar-refractivity contribution in [1.29, 1.82) is 0 Å². The lowest BCUT2D eigenvalue weighted by Crippen LogP contribution is -2.13. The zero-order valence-corrected chi connectivity index (χ0v) is 11.7. The molecule has 0 bridgehead atoms. The molecule has 1 atom stereocenters. The van der Waals surface area contributed by atoms with Crippen molar-refractivity contribution in [3.8, 4) is 0 Å². The monoisotopic (exact) mass is 259 g/mol. The van der Waals surface area contributed by atoms with E-state index in [0.29, 0.717) is 24.7 Å². The lowest BCUT2D eigenvalue weighted by Gasteiger charge is -2.15. The van der Waals surface area contributed by atoms with Crippen LogP contribution in [0.2, 0.25) is 0 Å². The van der Waals surface area contributed by atoms with E-state index in [4.69, 9.17) is 15.0 Å². The molecule has 0 aliphatic carbocycles. The Bertz CT molecular complexity index is 336. The minimum absolute atomic E-state index is 0.193. The van der Waals surface area contributed by atoms with Gasteiger partial charge in [-0.05, 0) is 6.42 Å². The molecule has 0 spiro atoms. The van der Waals surface area contributed by atoms with Crippen molar-refractivity contribution in [2.75, 3.05) is 13.7 Å². The maximum absolute atomic E-state index is 5.89. The smallest absolute Gasteiger partial charge is 0.243 e. The normalized spacial score (nSPS) is 13.9. The number of nitrogens with zero attached hydrogens (tertiary/aromatic N) is 2. The molecule has 0 aromatic carbocycles. The second kappa shape index (κ2) is 6.37. The molecule has 1 rings (SSSR count). The van der Waals surface area contributed by atoms with E-state index in [1.807, 2.05) is 0 Å². The second-order valence-corrected chi connectivity index (χ2v) is 6.64. The first-order chi connectivity index (χ1) is 7.92. The number of nitrogens with two attached hydrogens (primary N) is 1. The van der Waals surface area contributed by atoms with Crippen molar-refractivity contribution in [3.63, 3.8) is 0 Å². The second-order valence-electron chi connectivity index (χ2n) is 4.84. The van der Waals surface area contributed by atoms with E-state index in [1.54, 1.807) is 18.9 Å². The van der Waals surface area contributed by atoms with Gasteiger partial charge >= 0.3 is 0 Å². The Hall–Kier alpha value is -0.590. The molecule has 0 amide bonds. The zero-order valence-electron chi connectivity index (χ0n) is 10.9. The molecule has 1 aromatic heterocycles. The predicted octanol–water partition coefficient (Wildman–Crippen LogP) is 2.14. The Kier molecular flexibility index (Phi) is 5.42. The highest BCUT2D eigenvalue weighted by Crippen LogP contribution is 2.26. The first-order valence-electron chi connectivity index (χ1n) is 5.63. The SMILES string of the molecule is COCCC(N)c1nc(CSC(C)(C)C)no1. The van der Waals surface area contributed by atoms with Gasteiger partial charge in [0.2, 0.25) is 5.89 Å². The predicted molar refractivity (Wildman–Crippen MR) is 68.8 cm³/mol. The number of ether oxygens (including phenoxy) is 1. The first kappa shape index (κ1) is 14.5. The first-order valence-corrected chi connectivity index (χ1v) is 6.62. The maximum atomic E-state index is 5.89. The van der Waals surface area contributed by atoms with Crippen LogP contribution in [0.15, 0.2) is 4.52 Å². The van der Waals surface area contributed by atoms with E-state index in [0.717, 1.165) is 5.75 Å². The van der Waals surface area contributed by atoms with E-state index < -0.39 is 0 Å².